The number of benzene rings is 3. The number of hydrogen-bond donors (Lipinski definition) is 0. The van der Waals surface area contributed by atoms with Crippen LogP contribution in [0.5, 0.6) is 0 Å². The first-order chi connectivity index (χ1) is 13.8. The summed E-state index contributed by atoms with van der Waals surface area (Å²) in [6, 6.07) is 31.3. The van der Waals surface area contributed by atoms with Crippen LogP contribution in [-0.2, 0) is 0 Å². The summed E-state index contributed by atoms with van der Waals surface area (Å²) < 4.78 is 0. The zero-order valence-corrected chi connectivity index (χ0v) is 17.8. The number of hydrogen-bond acceptors (Lipinski definition) is 3. The van der Waals surface area contributed by atoms with E-state index in [2.05, 4.69) is 85.1 Å². The molecule has 0 atom stereocenters. The van der Waals surface area contributed by atoms with Gasteiger partial charge in [-0.15, -0.1) is 0 Å². The highest BCUT2D eigenvalue weighted by Crippen LogP contribution is 2.31. The largest absolute Gasteiger partial charge is 0.241 e. The van der Waals surface area contributed by atoms with Crippen LogP contribution in [0.25, 0.3) is 0 Å². The Morgan fingerprint density at radius 1 is 0.786 bits per heavy atom. The van der Waals surface area contributed by atoms with Crippen molar-refractivity contribution in [1.82, 2.24) is 0 Å². The number of aliphatic imine (C=N–C) groups is 1. The van der Waals surface area contributed by atoms with Gasteiger partial charge in [-0.3, -0.25) is 0 Å². The number of para-hydroxylation sites is 1. The van der Waals surface area contributed by atoms with Crippen molar-refractivity contribution >= 4 is 34.3 Å². The molecular formula is C25H25NS2. The van der Waals surface area contributed by atoms with E-state index in [1.807, 2.05) is 18.2 Å². The van der Waals surface area contributed by atoms with Gasteiger partial charge >= 0.3 is 0 Å². The van der Waals surface area contributed by atoms with Crippen molar-refractivity contribution in [2.45, 2.75) is 36.0 Å². The molecule has 0 spiro atoms. The summed E-state index contributed by atoms with van der Waals surface area (Å²) in [6.45, 7) is 2.24. The Bertz CT molecular complexity index is 888. The molecule has 142 valence electrons. The van der Waals surface area contributed by atoms with Crippen LogP contribution in [0.2, 0.25) is 0 Å². The van der Waals surface area contributed by atoms with Gasteiger partial charge in [0, 0.05) is 9.79 Å². The number of nitrogens with zero attached hydrogens (tertiary/aromatic N) is 1. The lowest BCUT2D eigenvalue weighted by Crippen LogP contribution is -1.98. The maximum Gasteiger partial charge on any atom is 0.105 e. The summed E-state index contributed by atoms with van der Waals surface area (Å²) >= 11 is 3.52. The fraction of sp³-hybridized carbons (Fsp3) is 0.160. The molecule has 0 saturated carbocycles. The summed E-state index contributed by atoms with van der Waals surface area (Å²) in [7, 11) is 0. The van der Waals surface area contributed by atoms with Crippen molar-refractivity contribution in [1.29, 1.82) is 0 Å². The van der Waals surface area contributed by atoms with Crippen molar-refractivity contribution in [2.24, 2.45) is 4.99 Å². The molecule has 3 rings (SSSR count). The van der Waals surface area contributed by atoms with Crippen molar-refractivity contribution < 1.29 is 0 Å². The Morgan fingerprint density at radius 2 is 1.36 bits per heavy atom. The molecule has 0 N–H and O–H groups in total. The number of thioether (sulfide) groups is 2. The maximum atomic E-state index is 5.02. The summed E-state index contributed by atoms with van der Waals surface area (Å²) in [5.74, 6) is 0. The van der Waals surface area contributed by atoms with E-state index in [1.54, 1.807) is 23.5 Å². The molecule has 0 aliphatic rings. The predicted octanol–water partition coefficient (Wildman–Crippen LogP) is 8.38. The molecular weight excluding hydrogens is 378 g/mol. The third-order valence-electron chi connectivity index (χ3n) is 4.10. The highest BCUT2D eigenvalue weighted by molar-refractivity contribution is 8.14. The smallest absolute Gasteiger partial charge is 0.105 e. The second-order valence-corrected chi connectivity index (χ2v) is 8.35. The van der Waals surface area contributed by atoms with Gasteiger partial charge in [0.05, 0.1) is 5.69 Å². The molecule has 3 aromatic rings. The van der Waals surface area contributed by atoms with E-state index in [-0.39, 0.29) is 0 Å². The standard InChI is InChI=1S/C25H25NS2/c1-2-3-13-21(20-27-23-16-9-5-10-17-23)25(26-22-14-7-4-8-15-22)28-24-18-11-6-12-19-24/h4-12,14-20H,2-3,13H2,1H3/b21-20+,26-25?. The van der Waals surface area contributed by atoms with Gasteiger partial charge in [0.2, 0.25) is 0 Å². The monoisotopic (exact) mass is 403 g/mol. The number of unbranched alkanes of at least 4 members (excludes halogenated alkanes) is 1. The molecule has 0 unspecified atom stereocenters. The van der Waals surface area contributed by atoms with Crippen molar-refractivity contribution in [3.05, 3.63) is 102 Å². The normalized spacial score (nSPS) is 12.2. The van der Waals surface area contributed by atoms with E-state index >= 15 is 0 Å². The van der Waals surface area contributed by atoms with Crippen LogP contribution in [0.4, 0.5) is 5.69 Å². The topological polar surface area (TPSA) is 12.4 Å². The zero-order valence-electron chi connectivity index (χ0n) is 16.1. The molecule has 0 amide bonds. The van der Waals surface area contributed by atoms with Gasteiger partial charge in [0.15, 0.2) is 0 Å². The van der Waals surface area contributed by atoms with Crippen LogP contribution in [0.1, 0.15) is 26.2 Å². The first-order valence-electron chi connectivity index (χ1n) is 9.63. The summed E-state index contributed by atoms with van der Waals surface area (Å²) in [5, 5.41) is 3.36. The minimum Gasteiger partial charge on any atom is -0.241 e. The third-order valence-corrected chi connectivity index (χ3v) is 6.10. The molecule has 0 bridgehead atoms. The van der Waals surface area contributed by atoms with E-state index in [0.29, 0.717) is 0 Å². The van der Waals surface area contributed by atoms with E-state index < -0.39 is 0 Å². The van der Waals surface area contributed by atoms with Gasteiger partial charge in [-0.25, -0.2) is 4.99 Å². The van der Waals surface area contributed by atoms with E-state index in [1.165, 1.54) is 21.8 Å². The molecule has 0 saturated heterocycles. The van der Waals surface area contributed by atoms with Crippen LogP contribution < -0.4 is 0 Å². The van der Waals surface area contributed by atoms with Gasteiger partial charge < -0.3 is 0 Å². The molecule has 3 aromatic carbocycles. The van der Waals surface area contributed by atoms with Gasteiger partial charge in [-0.1, -0.05) is 91.5 Å². The van der Waals surface area contributed by atoms with Gasteiger partial charge in [0.25, 0.3) is 0 Å². The van der Waals surface area contributed by atoms with E-state index in [4.69, 9.17) is 4.99 Å². The average molecular weight is 404 g/mol. The van der Waals surface area contributed by atoms with Crippen LogP contribution in [0.3, 0.4) is 0 Å². The second kappa shape index (κ2) is 11.6. The Hall–Kier alpha value is -2.23. The van der Waals surface area contributed by atoms with Crippen LogP contribution in [-0.4, -0.2) is 5.04 Å². The lowest BCUT2D eigenvalue weighted by Gasteiger charge is -2.12. The minimum absolute atomic E-state index is 0.994. The SMILES string of the molecule is CCCC/C(=C\Sc1ccccc1)C(=Nc1ccccc1)Sc1ccccc1. The van der Waals surface area contributed by atoms with Crippen molar-refractivity contribution in [2.75, 3.05) is 0 Å². The lowest BCUT2D eigenvalue weighted by atomic mass is 10.1. The Kier molecular flexibility index (Phi) is 8.48. The minimum atomic E-state index is 0.994. The molecule has 0 fully saturated rings. The maximum absolute atomic E-state index is 5.02. The highest BCUT2D eigenvalue weighted by atomic mass is 32.2. The molecule has 1 nitrogen and oxygen atoms in total. The first-order valence-corrected chi connectivity index (χ1v) is 11.3. The van der Waals surface area contributed by atoms with Gasteiger partial charge in [-0.2, -0.15) is 0 Å². The molecule has 0 radical (unpaired) electrons. The van der Waals surface area contributed by atoms with Crippen LogP contribution >= 0.6 is 23.5 Å². The Morgan fingerprint density at radius 3 is 1.96 bits per heavy atom. The molecule has 0 aliphatic carbocycles. The van der Waals surface area contributed by atoms with E-state index in [9.17, 15) is 0 Å². The quantitative estimate of drug-likeness (QED) is 0.213. The second-order valence-electron chi connectivity index (χ2n) is 6.35. The van der Waals surface area contributed by atoms with Crippen LogP contribution in [0, 0.1) is 0 Å². The fourth-order valence-electron chi connectivity index (χ4n) is 2.60. The Balaban J connectivity index is 1.93. The lowest BCUT2D eigenvalue weighted by molar-refractivity contribution is 0.805. The third kappa shape index (κ3) is 6.74. The Labute approximate surface area is 177 Å². The predicted molar refractivity (Wildman–Crippen MR) is 126 cm³/mol. The first kappa shape index (κ1) is 20.5. The summed E-state index contributed by atoms with van der Waals surface area (Å²) in [5.41, 5.74) is 2.29. The van der Waals surface area contributed by atoms with Gasteiger partial charge in [-0.05, 0) is 60.2 Å². The molecule has 28 heavy (non-hydrogen) atoms. The summed E-state index contributed by atoms with van der Waals surface area (Å²) in [4.78, 5) is 7.48. The van der Waals surface area contributed by atoms with Crippen molar-refractivity contribution in [3.8, 4) is 0 Å². The van der Waals surface area contributed by atoms with Crippen LogP contribution in [0.15, 0.2) is 117 Å². The molecule has 0 aliphatic heterocycles. The fourth-order valence-corrected chi connectivity index (χ4v) is 4.46. The summed E-state index contributed by atoms with van der Waals surface area (Å²) in [6.07, 6.45) is 3.36. The average Bonchev–Trinajstić information content (AvgIpc) is 2.76. The molecule has 0 heterocycles. The van der Waals surface area contributed by atoms with Crippen molar-refractivity contribution in [3.63, 3.8) is 0 Å². The zero-order chi connectivity index (χ0) is 19.4. The molecule has 3 heteroatoms. The van der Waals surface area contributed by atoms with Gasteiger partial charge in [0.1, 0.15) is 5.04 Å². The number of rotatable bonds is 8. The van der Waals surface area contributed by atoms with E-state index in [0.717, 1.165) is 23.6 Å². The highest BCUT2D eigenvalue weighted by Gasteiger charge is 2.11. The molecule has 0 aromatic heterocycles.